The number of morpholine rings is 1. The number of amides is 1. The van der Waals surface area contributed by atoms with Gasteiger partial charge in [-0.3, -0.25) is 4.79 Å². The second kappa shape index (κ2) is 5.80. The van der Waals surface area contributed by atoms with E-state index in [1.165, 1.54) is 5.69 Å². The van der Waals surface area contributed by atoms with Crippen LogP contribution in [0.25, 0.3) is 0 Å². The smallest absolute Gasteiger partial charge is 0.226 e. The molecule has 1 aromatic carbocycles. The van der Waals surface area contributed by atoms with Crippen molar-refractivity contribution in [1.82, 2.24) is 4.90 Å². The molecule has 0 bridgehead atoms. The summed E-state index contributed by atoms with van der Waals surface area (Å²) in [6, 6.07) is 6.34. The molecule has 3 aliphatic rings. The minimum atomic E-state index is 0.268. The van der Waals surface area contributed by atoms with Crippen molar-refractivity contribution in [2.45, 2.75) is 19.4 Å². The first-order valence-corrected chi connectivity index (χ1v) is 8.18. The van der Waals surface area contributed by atoms with Crippen LogP contribution in [-0.4, -0.2) is 50.3 Å². The van der Waals surface area contributed by atoms with E-state index >= 15 is 0 Å². The summed E-state index contributed by atoms with van der Waals surface area (Å²) in [6.45, 7) is 5.34. The molecule has 2 heterocycles. The molecule has 0 N–H and O–H groups in total. The summed E-state index contributed by atoms with van der Waals surface area (Å²) >= 11 is 0. The molecule has 0 radical (unpaired) electrons. The van der Waals surface area contributed by atoms with E-state index in [0.717, 1.165) is 50.5 Å². The minimum absolute atomic E-state index is 0.268. The first-order chi connectivity index (χ1) is 10.8. The van der Waals surface area contributed by atoms with E-state index in [1.54, 1.807) is 0 Å². The van der Waals surface area contributed by atoms with Crippen molar-refractivity contribution in [3.63, 3.8) is 0 Å². The van der Waals surface area contributed by atoms with Gasteiger partial charge in [-0.25, -0.2) is 0 Å². The van der Waals surface area contributed by atoms with Gasteiger partial charge in [-0.1, -0.05) is 0 Å². The molecule has 118 valence electrons. The molecule has 5 nitrogen and oxygen atoms in total. The van der Waals surface area contributed by atoms with Crippen LogP contribution < -0.4 is 9.64 Å². The lowest BCUT2D eigenvalue weighted by Gasteiger charge is -2.29. The highest BCUT2D eigenvalue weighted by Gasteiger charge is 2.34. The highest BCUT2D eigenvalue weighted by molar-refractivity contribution is 5.81. The third-order valence-electron chi connectivity index (χ3n) is 4.64. The molecular formula is C17H22N2O3. The number of rotatable bonds is 2. The van der Waals surface area contributed by atoms with E-state index in [2.05, 4.69) is 17.0 Å². The first-order valence-electron chi connectivity index (χ1n) is 8.18. The van der Waals surface area contributed by atoms with Gasteiger partial charge in [-0.05, 0) is 31.0 Å². The first kappa shape index (κ1) is 13.9. The third kappa shape index (κ3) is 2.77. The van der Waals surface area contributed by atoms with Gasteiger partial charge < -0.3 is 19.3 Å². The van der Waals surface area contributed by atoms with E-state index in [9.17, 15) is 4.79 Å². The topological polar surface area (TPSA) is 42.0 Å². The Bertz CT molecular complexity index is 565. The average molecular weight is 302 g/mol. The van der Waals surface area contributed by atoms with Crippen LogP contribution in [0.2, 0.25) is 0 Å². The fourth-order valence-electron chi connectivity index (χ4n) is 3.18. The molecule has 5 heteroatoms. The van der Waals surface area contributed by atoms with Crippen LogP contribution in [0.5, 0.6) is 5.75 Å². The normalized spacial score (nSPS) is 21.8. The predicted molar refractivity (Wildman–Crippen MR) is 83.1 cm³/mol. The molecule has 1 amide bonds. The van der Waals surface area contributed by atoms with Crippen LogP contribution in [-0.2, 0) is 16.1 Å². The summed E-state index contributed by atoms with van der Waals surface area (Å²) in [5.41, 5.74) is 2.32. The third-order valence-corrected chi connectivity index (χ3v) is 4.64. The number of carbonyl (C=O) groups is 1. The summed E-state index contributed by atoms with van der Waals surface area (Å²) in [6.07, 6.45) is 2.10. The number of hydrogen-bond donors (Lipinski definition) is 0. The van der Waals surface area contributed by atoms with Crippen molar-refractivity contribution < 1.29 is 14.3 Å². The highest BCUT2D eigenvalue weighted by Crippen LogP contribution is 2.34. The predicted octanol–water partition coefficient (Wildman–Crippen LogP) is 1.65. The van der Waals surface area contributed by atoms with Crippen LogP contribution in [0, 0.1) is 5.92 Å². The maximum atomic E-state index is 12.4. The molecule has 2 aliphatic heterocycles. The van der Waals surface area contributed by atoms with Crippen LogP contribution in [0.15, 0.2) is 18.2 Å². The second-order valence-corrected chi connectivity index (χ2v) is 6.27. The van der Waals surface area contributed by atoms with Crippen LogP contribution in [0.3, 0.4) is 0 Å². The lowest BCUT2D eigenvalue weighted by Crippen LogP contribution is -2.36. The molecular weight excluding hydrogens is 280 g/mol. The number of ether oxygens (including phenoxy) is 2. The summed E-state index contributed by atoms with van der Waals surface area (Å²) in [4.78, 5) is 16.7. The van der Waals surface area contributed by atoms with E-state index in [-0.39, 0.29) is 5.92 Å². The Labute approximate surface area is 130 Å². The zero-order chi connectivity index (χ0) is 14.9. The molecule has 0 spiro atoms. The second-order valence-electron chi connectivity index (χ2n) is 6.27. The molecule has 1 saturated heterocycles. The summed E-state index contributed by atoms with van der Waals surface area (Å²) in [7, 11) is 0. The van der Waals surface area contributed by atoms with Gasteiger partial charge in [0.05, 0.1) is 19.8 Å². The van der Waals surface area contributed by atoms with E-state index in [4.69, 9.17) is 9.47 Å². The molecule has 1 aromatic rings. The number of hydrogen-bond acceptors (Lipinski definition) is 4. The van der Waals surface area contributed by atoms with Gasteiger partial charge in [0.1, 0.15) is 12.4 Å². The number of anilines is 1. The number of fused-ring (bicyclic) bond motifs is 1. The highest BCUT2D eigenvalue weighted by atomic mass is 16.5. The van der Waals surface area contributed by atoms with Gasteiger partial charge in [0.2, 0.25) is 5.91 Å². The lowest BCUT2D eigenvalue weighted by atomic mass is 10.1. The minimum Gasteiger partial charge on any atom is -0.491 e. The quantitative estimate of drug-likeness (QED) is 0.833. The lowest BCUT2D eigenvalue weighted by molar-refractivity contribution is -0.133. The zero-order valence-corrected chi connectivity index (χ0v) is 12.8. The van der Waals surface area contributed by atoms with Gasteiger partial charge >= 0.3 is 0 Å². The van der Waals surface area contributed by atoms with Gasteiger partial charge in [0.25, 0.3) is 0 Å². The van der Waals surface area contributed by atoms with Gasteiger partial charge in [0.15, 0.2) is 0 Å². The number of nitrogens with zero attached hydrogens (tertiary/aromatic N) is 2. The maximum Gasteiger partial charge on any atom is 0.226 e. The molecule has 22 heavy (non-hydrogen) atoms. The fraction of sp³-hybridized carbons (Fsp3) is 0.588. The average Bonchev–Trinajstić information content (AvgIpc) is 3.40. The standard InChI is InChI=1S/C17H22N2O3/c20-17(13-1-2-13)19-7-10-22-16-4-3-15(11-14(16)12-19)18-5-8-21-9-6-18/h3-4,11,13H,1-2,5-10,12H2. The molecule has 2 fully saturated rings. The number of benzene rings is 1. The van der Waals surface area contributed by atoms with Crippen molar-refractivity contribution in [2.75, 3.05) is 44.4 Å². The SMILES string of the molecule is O=C(C1CC1)N1CCOc2ccc(N3CCOCC3)cc2C1. The Morgan fingerprint density at radius 2 is 1.91 bits per heavy atom. The van der Waals surface area contributed by atoms with E-state index < -0.39 is 0 Å². The van der Waals surface area contributed by atoms with E-state index in [1.807, 2.05) is 11.0 Å². The van der Waals surface area contributed by atoms with Crippen molar-refractivity contribution in [3.05, 3.63) is 23.8 Å². The van der Waals surface area contributed by atoms with Gasteiger partial charge in [0, 0.05) is 36.8 Å². The maximum absolute atomic E-state index is 12.4. The fourth-order valence-corrected chi connectivity index (χ4v) is 3.18. The molecule has 0 aromatic heterocycles. The van der Waals surface area contributed by atoms with Crippen LogP contribution in [0.4, 0.5) is 5.69 Å². The summed E-state index contributed by atoms with van der Waals surface area (Å²) in [5, 5.41) is 0. The Balaban J connectivity index is 1.56. The monoisotopic (exact) mass is 302 g/mol. The molecule has 1 saturated carbocycles. The van der Waals surface area contributed by atoms with Crippen molar-refractivity contribution in [1.29, 1.82) is 0 Å². The largest absolute Gasteiger partial charge is 0.491 e. The van der Waals surface area contributed by atoms with Crippen molar-refractivity contribution in [2.24, 2.45) is 5.92 Å². The molecule has 0 atom stereocenters. The van der Waals surface area contributed by atoms with Crippen molar-refractivity contribution in [3.8, 4) is 5.75 Å². The van der Waals surface area contributed by atoms with Crippen molar-refractivity contribution >= 4 is 11.6 Å². The summed E-state index contributed by atoms with van der Waals surface area (Å²) < 4.78 is 11.3. The van der Waals surface area contributed by atoms with Gasteiger partial charge in [-0.15, -0.1) is 0 Å². The summed E-state index contributed by atoms with van der Waals surface area (Å²) in [5.74, 6) is 1.49. The Kier molecular flexibility index (Phi) is 3.66. The molecule has 4 rings (SSSR count). The Morgan fingerprint density at radius 3 is 2.68 bits per heavy atom. The number of carbonyl (C=O) groups excluding carboxylic acids is 1. The Morgan fingerprint density at radius 1 is 1.09 bits per heavy atom. The van der Waals surface area contributed by atoms with Crippen LogP contribution >= 0.6 is 0 Å². The molecule has 0 unspecified atom stereocenters. The van der Waals surface area contributed by atoms with Gasteiger partial charge in [-0.2, -0.15) is 0 Å². The van der Waals surface area contributed by atoms with Crippen LogP contribution in [0.1, 0.15) is 18.4 Å². The zero-order valence-electron chi connectivity index (χ0n) is 12.8. The van der Waals surface area contributed by atoms with E-state index in [0.29, 0.717) is 25.6 Å². The Hall–Kier alpha value is -1.75. The molecule has 1 aliphatic carbocycles.